The van der Waals surface area contributed by atoms with Crippen LogP contribution < -0.4 is 5.46 Å². The first-order valence-corrected chi connectivity index (χ1v) is 7.97. The molecule has 0 bridgehead atoms. The molecule has 1 saturated heterocycles. The Morgan fingerprint density at radius 3 is 2.29 bits per heavy atom. The molecule has 1 fully saturated rings. The Bertz CT molecular complexity index is 944. The van der Waals surface area contributed by atoms with Gasteiger partial charge in [-0.2, -0.15) is 0 Å². The molecule has 4 rings (SSSR count). The van der Waals surface area contributed by atoms with Gasteiger partial charge in [0, 0.05) is 10.8 Å². The van der Waals surface area contributed by atoms with Crippen LogP contribution in [0.25, 0.3) is 21.9 Å². The zero-order chi connectivity index (χ0) is 17.1. The molecule has 3 aromatic rings. The highest BCUT2D eigenvalue weighted by molar-refractivity contribution is 6.65. The van der Waals surface area contributed by atoms with Crippen LogP contribution in [0, 0.1) is 4.91 Å². The van der Waals surface area contributed by atoms with Crippen molar-refractivity contribution < 1.29 is 13.7 Å². The summed E-state index contributed by atoms with van der Waals surface area (Å²) in [5, 5.41) is 4.72. The Balaban J connectivity index is 1.97. The number of nitroso groups, excluding NO2 is 1. The van der Waals surface area contributed by atoms with Gasteiger partial charge in [0.15, 0.2) is 0 Å². The molecule has 2 heterocycles. The van der Waals surface area contributed by atoms with Crippen molar-refractivity contribution in [3.05, 3.63) is 41.3 Å². The molecule has 0 N–H and O–H groups in total. The number of rotatable bonds is 2. The molecule has 24 heavy (non-hydrogen) atoms. The molecular formula is C18H18BNO4. The van der Waals surface area contributed by atoms with E-state index >= 15 is 0 Å². The van der Waals surface area contributed by atoms with E-state index in [2.05, 4.69) is 5.18 Å². The van der Waals surface area contributed by atoms with Crippen molar-refractivity contribution in [1.82, 2.24) is 0 Å². The van der Waals surface area contributed by atoms with Crippen molar-refractivity contribution in [3.8, 4) is 0 Å². The number of para-hydroxylation sites is 1. The molecule has 5 nitrogen and oxygen atoms in total. The van der Waals surface area contributed by atoms with Crippen LogP contribution in [0.15, 0.2) is 46.0 Å². The van der Waals surface area contributed by atoms with Crippen LogP contribution >= 0.6 is 0 Å². The molecule has 122 valence electrons. The summed E-state index contributed by atoms with van der Waals surface area (Å²) in [5.41, 5.74) is 1.53. The lowest BCUT2D eigenvalue weighted by molar-refractivity contribution is 0.00578. The summed E-state index contributed by atoms with van der Waals surface area (Å²) in [4.78, 5) is 11.2. The highest BCUT2D eigenvalue weighted by atomic mass is 16.7. The fourth-order valence-electron chi connectivity index (χ4n) is 3.06. The average molecular weight is 323 g/mol. The third kappa shape index (κ3) is 2.03. The highest BCUT2D eigenvalue weighted by Crippen LogP contribution is 2.39. The van der Waals surface area contributed by atoms with Crippen LogP contribution in [0.1, 0.15) is 27.7 Å². The number of hydrogen-bond acceptors (Lipinski definition) is 5. The van der Waals surface area contributed by atoms with E-state index in [0.29, 0.717) is 22.2 Å². The second kappa shape index (κ2) is 4.91. The minimum Gasteiger partial charge on any atom is -0.456 e. The molecule has 0 atom stereocenters. The summed E-state index contributed by atoms with van der Waals surface area (Å²) in [6.07, 6.45) is 0. The van der Waals surface area contributed by atoms with Gasteiger partial charge in [0.05, 0.1) is 16.6 Å². The Morgan fingerprint density at radius 1 is 0.958 bits per heavy atom. The van der Waals surface area contributed by atoms with Crippen LogP contribution in [-0.2, 0) is 9.31 Å². The Kier molecular flexibility index (Phi) is 3.14. The van der Waals surface area contributed by atoms with Crippen molar-refractivity contribution in [2.75, 3.05) is 0 Å². The average Bonchev–Trinajstić information content (AvgIpc) is 3.01. The number of fused-ring (bicyclic) bond motifs is 3. The van der Waals surface area contributed by atoms with E-state index in [9.17, 15) is 4.91 Å². The van der Waals surface area contributed by atoms with E-state index in [0.717, 1.165) is 10.8 Å². The largest absolute Gasteiger partial charge is 0.498 e. The van der Waals surface area contributed by atoms with E-state index in [-0.39, 0.29) is 0 Å². The SMILES string of the molecule is CC1(C)OB(c2ccc(N=O)c3c2oc2ccccc23)OC1(C)C. The predicted molar refractivity (Wildman–Crippen MR) is 94.9 cm³/mol. The van der Waals surface area contributed by atoms with Gasteiger partial charge in [-0.3, -0.25) is 0 Å². The minimum atomic E-state index is -0.557. The van der Waals surface area contributed by atoms with E-state index in [1.807, 2.05) is 52.0 Å². The van der Waals surface area contributed by atoms with Crippen molar-refractivity contribution in [2.24, 2.45) is 5.18 Å². The normalized spacial score (nSPS) is 19.2. The molecular weight excluding hydrogens is 305 g/mol. The quantitative estimate of drug-likeness (QED) is 0.521. The fourth-order valence-corrected chi connectivity index (χ4v) is 3.06. The predicted octanol–water partition coefficient (Wildman–Crippen LogP) is 4.28. The van der Waals surface area contributed by atoms with E-state index < -0.39 is 18.3 Å². The number of benzene rings is 2. The number of nitrogens with zero attached hydrogens (tertiary/aromatic N) is 1. The van der Waals surface area contributed by atoms with Gasteiger partial charge in [0.25, 0.3) is 0 Å². The lowest BCUT2D eigenvalue weighted by atomic mass is 9.78. The number of hydrogen-bond donors (Lipinski definition) is 0. The molecule has 0 unspecified atom stereocenters. The van der Waals surface area contributed by atoms with Crippen molar-refractivity contribution >= 4 is 40.2 Å². The third-order valence-corrected chi connectivity index (χ3v) is 5.14. The summed E-state index contributed by atoms with van der Waals surface area (Å²) in [5.74, 6) is 0. The maximum absolute atomic E-state index is 11.2. The molecule has 2 aromatic carbocycles. The van der Waals surface area contributed by atoms with Crippen molar-refractivity contribution in [3.63, 3.8) is 0 Å². The van der Waals surface area contributed by atoms with Gasteiger partial charge >= 0.3 is 7.12 Å². The second-order valence-corrected chi connectivity index (χ2v) is 7.16. The third-order valence-electron chi connectivity index (χ3n) is 5.14. The van der Waals surface area contributed by atoms with Crippen LogP contribution in [0.4, 0.5) is 5.69 Å². The first kappa shape index (κ1) is 15.4. The van der Waals surface area contributed by atoms with Gasteiger partial charge in [-0.25, -0.2) is 0 Å². The van der Waals surface area contributed by atoms with Gasteiger partial charge in [-0.15, -0.1) is 4.91 Å². The van der Waals surface area contributed by atoms with Gasteiger partial charge < -0.3 is 13.7 Å². The standard InChI is InChI=1S/C18H18BNO4/c1-17(2)18(3,4)24-19(23-17)12-9-10-13(20-21)15-11-7-5-6-8-14(11)22-16(12)15/h5-10H,1-4H3. The topological polar surface area (TPSA) is 61.0 Å². The second-order valence-electron chi connectivity index (χ2n) is 7.16. The molecule has 1 aromatic heterocycles. The summed E-state index contributed by atoms with van der Waals surface area (Å²) in [7, 11) is -0.557. The summed E-state index contributed by atoms with van der Waals surface area (Å²) >= 11 is 0. The maximum atomic E-state index is 11.2. The summed E-state index contributed by atoms with van der Waals surface area (Å²) < 4.78 is 18.3. The summed E-state index contributed by atoms with van der Waals surface area (Å²) in [6.45, 7) is 8.02. The van der Waals surface area contributed by atoms with Gasteiger partial charge in [-0.05, 0) is 45.0 Å². The highest BCUT2D eigenvalue weighted by Gasteiger charge is 2.52. The first-order valence-electron chi connectivity index (χ1n) is 7.97. The zero-order valence-corrected chi connectivity index (χ0v) is 14.1. The first-order chi connectivity index (χ1) is 11.3. The van der Waals surface area contributed by atoms with Crippen LogP contribution in [0.3, 0.4) is 0 Å². The van der Waals surface area contributed by atoms with Crippen LogP contribution in [-0.4, -0.2) is 18.3 Å². The minimum absolute atomic E-state index is 0.357. The summed E-state index contributed by atoms with van der Waals surface area (Å²) in [6, 6.07) is 11.1. The number of furan rings is 1. The lowest BCUT2D eigenvalue weighted by Gasteiger charge is -2.32. The monoisotopic (exact) mass is 323 g/mol. The lowest BCUT2D eigenvalue weighted by Crippen LogP contribution is -2.41. The smallest absolute Gasteiger partial charge is 0.456 e. The van der Waals surface area contributed by atoms with Gasteiger partial charge in [-0.1, -0.05) is 24.3 Å². The Labute approximate surface area is 140 Å². The van der Waals surface area contributed by atoms with E-state index in [1.54, 1.807) is 12.1 Å². The molecule has 0 saturated carbocycles. The molecule has 0 aliphatic carbocycles. The van der Waals surface area contributed by atoms with Crippen molar-refractivity contribution in [2.45, 2.75) is 38.9 Å². The maximum Gasteiger partial charge on any atom is 0.498 e. The zero-order valence-electron chi connectivity index (χ0n) is 14.1. The van der Waals surface area contributed by atoms with Gasteiger partial charge in [0.1, 0.15) is 16.9 Å². The van der Waals surface area contributed by atoms with E-state index in [4.69, 9.17) is 13.7 Å². The molecule has 6 heteroatoms. The molecule has 1 aliphatic heterocycles. The molecule has 0 radical (unpaired) electrons. The van der Waals surface area contributed by atoms with Crippen LogP contribution in [0.2, 0.25) is 0 Å². The Morgan fingerprint density at radius 2 is 1.62 bits per heavy atom. The van der Waals surface area contributed by atoms with Gasteiger partial charge in [0.2, 0.25) is 0 Å². The van der Waals surface area contributed by atoms with E-state index in [1.165, 1.54) is 0 Å². The molecule has 0 spiro atoms. The molecule has 0 amide bonds. The molecule has 1 aliphatic rings. The Hall–Kier alpha value is -2.18. The van der Waals surface area contributed by atoms with Crippen molar-refractivity contribution in [1.29, 1.82) is 0 Å². The van der Waals surface area contributed by atoms with Crippen LogP contribution in [0.5, 0.6) is 0 Å². The fraction of sp³-hybridized carbons (Fsp3) is 0.333.